The summed E-state index contributed by atoms with van der Waals surface area (Å²) in [5, 5.41) is 4.63. The largest absolute Gasteiger partial charge is 0.497 e. The van der Waals surface area contributed by atoms with E-state index < -0.39 is 0 Å². The summed E-state index contributed by atoms with van der Waals surface area (Å²) >= 11 is 1.76. The van der Waals surface area contributed by atoms with E-state index in [1.54, 1.807) is 18.4 Å². The molecule has 1 aromatic heterocycles. The highest BCUT2D eigenvalue weighted by Gasteiger charge is 2.17. The smallest absolute Gasteiger partial charge is 0.118 e. The van der Waals surface area contributed by atoms with Gasteiger partial charge in [-0.05, 0) is 38.1 Å². The Hall–Kier alpha value is -1.39. The van der Waals surface area contributed by atoms with Crippen LogP contribution in [0.3, 0.4) is 0 Å². The molecule has 1 atom stereocenters. The van der Waals surface area contributed by atoms with E-state index in [9.17, 15) is 0 Å². The highest BCUT2D eigenvalue weighted by atomic mass is 32.1. The lowest BCUT2D eigenvalue weighted by atomic mass is 10.1. The number of ether oxygens (including phenoxy) is 1. The van der Waals surface area contributed by atoms with Gasteiger partial charge in [-0.25, -0.2) is 4.98 Å². The van der Waals surface area contributed by atoms with Gasteiger partial charge in [0.05, 0.1) is 18.8 Å². The number of thiazole rings is 1. The summed E-state index contributed by atoms with van der Waals surface area (Å²) in [6.45, 7) is 7.21. The first-order chi connectivity index (χ1) is 9.15. The number of hydrogen-bond acceptors (Lipinski definition) is 4. The van der Waals surface area contributed by atoms with Crippen molar-refractivity contribution < 1.29 is 4.74 Å². The second-order valence-electron chi connectivity index (χ2n) is 4.46. The molecule has 19 heavy (non-hydrogen) atoms. The molecule has 0 bridgehead atoms. The summed E-state index contributed by atoms with van der Waals surface area (Å²) < 4.78 is 5.20. The third-order valence-corrected chi connectivity index (χ3v) is 4.29. The number of hydrogen-bond donors (Lipinski definition) is 1. The van der Waals surface area contributed by atoms with Gasteiger partial charge >= 0.3 is 0 Å². The lowest BCUT2D eigenvalue weighted by Gasteiger charge is -2.16. The van der Waals surface area contributed by atoms with Crippen LogP contribution in [0.2, 0.25) is 0 Å². The van der Waals surface area contributed by atoms with Crippen LogP contribution in [0, 0.1) is 13.8 Å². The molecular weight excluding hydrogens is 256 g/mol. The van der Waals surface area contributed by atoms with Crippen LogP contribution < -0.4 is 10.1 Å². The molecular formula is C15H20N2OS. The van der Waals surface area contributed by atoms with E-state index >= 15 is 0 Å². The Labute approximate surface area is 118 Å². The van der Waals surface area contributed by atoms with Gasteiger partial charge < -0.3 is 10.1 Å². The van der Waals surface area contributed by atoms with E-state index in [1.807, 2.05) is 12.1 Å². The maximum absolute atomic E-state index is 5.20. The molecule has 0 fully saturated rings. The van der Waals surface area contributed by atoms with Crippen molar-refractivity contribution in [1.82, 2.24) is 10.3 Å². The Balaban J connectivity index is 2.33. The Kier molecular flexibility index (Phi) is 4.56. The molecule has 3 nitrogen and oxygen atoms in total. The lowest BCUT2D eigenvalue weighted by Crippen LogP contribution is -2.21. The zero-order valence-electron chi connectivity index (χ0n) is 11.9. The first-order valence-corrected chi connectivity index (χ1v) is 7.28. The molecule has 0 aliphatic carbocycles. The molecule has 0 spiro atoms. The van der Waals surface area contributed by atoms with Crippen LogP contribution in [0.25, 0.3) is 0 Å². The predicted octanol–water partition coefficient (Wildman–Crippen LogP) is 3.47. The summed E-state index contributed by atoms with van der Waals surface area (Å²) in [7, 11) is 1.68. The van der Waals surface area contributed by atoms with Crippen molar-refractivity contribution in [3.63, 3.8) is 0 Å². The van der Waals surface area contributed by atoms with Crippen molar-refractivity contribution in [2.75, 3.05) is 13.7 Å². The minimum atomic E-state index is 0.160. The van der Waals surface area contributed by atoms with Crippen LogP contribution >= 0.6 is 11.3 Å². The standard InChI is InChI=1S/C15H20N2OS/c1-5-16-14(15-17-10(2)11(3)19-15)12-6-8-13(18-4)9-7-12/h6-9,14,16H,5H2,1-4H3. The van der Waals surface area contributed by atoms with Gasteiger partial charge in [0.25, 0.3) is 0 Å². The van der Waals surface area contributed by atoms with Crippen LogP contribution in [-0.4, -0.2) is 18.6 Å². The first kappa shape index (κ1) is 14.0. The number of nitrogens with one attached hydrogen (secondary N) is 1. The van der Waals surface area contributed by atoms with Crippen LogP contribution in [-0.2, 0) is 0 Å². The van der Waals surface area contributed by atoms with Gasteiger partial charge in [-0.1, -0.05) is 19.1 Å². The quantitative estimate of drug-likeness (QED) is 0.908. The topological polar surface area (TPSA) is 34.1 Å². The summed E-state index contributed by atoms with van der Waals surface area (Å²) in [5.41, 5.74) is 2.34. The number of aryl methyl sites for hydroxylation is 2. The predicted molar refractivity (Wildman–Crippen MR) is 80.1 cm³/mol. The fourth-order valence-electron chi connectivity index (χ4n) is 1.97. The van der Waals surface area contributed by atoms with Crippen molar-refractivity contribution in [3.8, 4) is 5.75 Å². The molecule has 2 rings (SSSR count). The molecule has 0 aliphatic heterocycles. The second kappa shape index (κ2) is 6.17. The Bertz CT molecular complexity index is 514. The minimum Gasteiger partial charge on any atom is -0.497 e. The van der Waals surface area contributed by atoms with E-state index in [4.69, 9.17) is 4.74 Å². The van der Waals surface area contributed by atoms with E-state index in [2.05, 4.69) is 43.2 Å². The first-order valence-electron chi connectivity index (χ1n) is 6.47. The minimum absolute atomic E-state index is 0.160. The van der Waals surface area contributed by atoms with Crippen LogP contribution in [0.5, 0.6) is 5.75 Å². The zero-order valence-corrected chi connectivity index (χ0v) is 12.7. The summed E-state index contributed by atoms with van der Waals surface area (Å²) in [6.07, 6.45) is 0. The number of benzene rings is 1. The second-order valence-corrected chi connectivity index (χ2v) is 5.69. The average molecular weight is 276 g/mol. The highest BCUT2D eigenvalue weighted by Crippen LogP contribution is 2.28. The third-order valence-electron chi connectivity index (χ3n) is 3.15. The molecule has 0 aliphatic rings. The Morgan fingerprint density at radius 1 is 1.26 bits per heavy atom. The molecule has 102 valence electrons. The summed E-state index contributed by atoms with van der Waals surface area (Å²) in [6, 6.07) is 8.34. The normalized spacial score (nSPS) is 12.4. The van der Waals surface area contributed by atoms with E-state index in [0.717, 1.165) is 23.0 Å². The van der Waals surface area contributed by atoms with E-state index in [0.29, 0.717) is 0 Å². The van der Waals surface area contributed by atoms with Crippen molar-refractivity contribution in [1.29, 1.82) is 0 Å². The van der Waals surface area contributed by atoms with Crippen LogP contribution in [0.4, 0.5) is 0 Å². The maximum atomic E-state index is 5.20. The molecule has 2 aromatic rings. The highest BCUT2D eigenvalue weighted by molar-refractivity contribution is 7.11. The van der Waals surface area contributed by atoms with Crippen molar-refractivity contribution in [2.45, 2.75) is 26.8 Å². The van der Waals surface area contributed by atoms with Crippen LogP contribution in [0.1, 0.15) is 34.1 Å². The molecule has 0 saturated carbocycles. The number of rotatable bonds is 5. The molecule has 4 heteroatoms. The van der Waals surface area contributed by atoms with Crippen molar-refractivity contribution in [2.24, 2.45) is 0 Å². The Morgan fingerprint density at radius 2 is 1.95 bits per heavy atom. The molecule has 0 amide bonds. The molecule has 1 heterocycles. The monoisotopic (exact) mass is 276 g/mol. The van der Waals surface area contributed by atoms with Gasteiger partial charge in [-0.15, -0.1) is 11.3 Å². The SMILES string of the molecule is CCNC(c1ccc(OC)cc1)c1nc(C)c(C)s1. The van der Waals surface area contributed by atoms with E-state index in [1.165, 1.54) is 10.4 Å². The van der Waals surface area contributed by atoms with Crippen LogP contribution in [0.15, 0.2) is 24.3 Å². The fourth-order valence-corrected chi connectivity index (χ4v) is 3.00. The van der Waals surface area contributed by atoms with Gasteiger partial charge in [0.15, 0.2) is 0 Å². The summed E-state index contributed by atoms with van der Waals surface area (Å²) in [5.74, 6) is 0.880. The maximum Gasteiger partial charge on any atom is 0.118 e. The molecule has 0 saturated heterocycles. The number of aromatic nitrogens is 1. The third kappa shape index (κ3) is 3.14. The molecule has 1 N–H and O–H groups in total. The Morgan fingerprint density at radius 3 is 2.42 bits per heavy atom. The van der Waals surface area contributed by atoms with Crippen molar-refractivity contribution >= 4 is 11.3 Å². The lowest BCUT2D eigenvalue weighted by molar-refractivity contribution is 0.414. The number of methoxy groups -OCH3 is 1. The average Bonchev–Trinajstić information content (AvgIpc) is 2.76. The summed E-state index contributed by atoms with van der Waals surface area (Å²) in [4.78, 5) is 5.96. The van der Waals surface area contributed by atoms with Crippen molar-refractivity contribution in [3.05, 3.63) is 45.4 Å². The van der Waals surface area contributed by atoms with E-state index in [-0.39, 0.29) is 6.04 Å². The molecule has 0 radical (unpaired) electrons. The van der Waals surface area contributed by atoms with Gasteiger partial charge in [-0.2, -0.15) is 0 Å². The zero-order chi connectivity index (χ0) is 13.8. The van der Waals surface area contributed by atoms with Gasteiger partial charge in [-0.3, -0.25) is 0 Å². The molecule has 1 aromatic carbocycles. The fraction of sp³-hybridized carbons (Fsp3) is 0.400. The number of nitrogens with zero attached hydrogens (tertiary/aromatic N) is 1. The van der Waals surface area contributed by atoms with Gasteiger partial charge in [0.1, 0.15) is 10.8 Å². The molecule has 1 unspecified atom stereocenters. The van der Waals surface area contributed by atoms with Gasteiger partial charge in [0, 0.05) is 4.88 Å². The van der Waals surface area contributed by atoms with Gasteiger partial charge in [0.2, 0.25) is 0 Å².